The molecule has 2 saturated carbocycles. The molecule has 2 aromatic rings. The normalized spacial score (nSPS) is 28.1. The number of nitro groups is 1. The van der Waals surface area contributed by atoms with Gasteiger partial charge in [-0.25, -0.2) is 0 Å². The van der Waals surface area contributed by atoms with Gasteiger partial charge in [-0.3, -0.25) is 10.1 Å². The lowest BCUT2D eigenvalue weighted by Gasteiger charge is -2.21. The fourth-order valence-electron chi connectivity index (χ4n) is 3.67. The van der Waals surface area contributed by atoms with Crippen molar-refractivity contribution in [3.05, 3.63) is 28.3 Å². The van der Waals surface area contributed by atoms with E-state index in [0.29, 0.717) is 23.2 Å². The summed E-state index contributed by atoms with van der Waals surface area (Å²) in [6, 6.07) is 5.43. The summed E-state index contributed by atoms with van der Waals surface area (Å²) < 4.78 is 5.60. The Balaban J connectivity index is 1.59. The van der Waals surface area contributed by atoms with Crippen molar-refractivity contribution in [2.45, 2.75) is 31.7 Å². The number of aromatic nitrogens is 1. The first-order chi connectivity index (χ1) is 9.69. The van der Waals surface area contributed by atoms with Crippen LogP contribution in [0.15, 0.2) is 22.6 Å². The topological polar surface area (TPSA) is 81.2 Å². The number of anilines is 1. The fraction of sp³-hybridized carbons (Fsp3) is 0.500. The van der Waals surface area contributed by atoms with Gasteiger partial charge in [-0.2, -0.15) is 4.98 Å². The number of benzene rings is 1. The highest BCUT2D eigenvalue weighted by Gasteiger charge is 2.40. The molecule has 2 fully saturated rings. The zero-order valence-electron chi connectivity index (χ0n) is 10.9. The summed E-state index contributed by atoms with van der Waals surface area (Å²) in [5, 5.41) is 14.1. The molecule has 104 valence electrons. The maximum atomic E-state index is 10.7. The van der Waals surface area contributed by atoms with Crippen molar-refractivity contribution in [1.29, 1.82) is 0 Å². The minimum atomic E-state index is -0.426. The molecule has 3 atom stereocenters. The van der Waals surface area contributed by atoms with Gasteiger partial charge in [-0.1, -0.05) is 6.42 Å². The van der Waals surface area contributed by atoms with Gasteiger partial charge in [0.2, 0.25) is 0 Å². The van der Waals surface area contributed by atoms with Crippen LogP contribution < -0.4 is 5.32 Å². The molecule has 0 saturated heterocycles. The maximum Gasteiger partial charge on any atom is 0.295 e. The van der Waals surface area contributed by atoms with Gasteiger partial charge in [0.1, 0.15) is 5.52 Å². The standard InChI is InChI=1S/C14H15N3O3/c18-17(19)10-3-4-11-13(7-10)20-14(15-11)16-12-6-8-1-2-9(12)5-8/h3-4,7-9,12H,1-2,5-6H2,(H,15,16). The van der Waals surface area contributed by atoms with Gasteiger partial charge in [0.05, 0.1) is 11.0 Å². The molecule has 3 unspecified atom stereocenters. The zero-order chi connectivity index (χ0) is 13.7. The van der Waals surface area contributed by atoms with Crippen LogP contribution in [0.4, 0.5) is 11.7 Å². The highest BCUT2D eigenvalue weighted by molar-refractivity contribution is 5.77. The van der Waals surface area contributed by atoms with Crippen LogP contribution in [-0.2, 0) is 0 Å². The summed E-state index contributed by atoms with van der Waals surface area (Å²) in [6.45, 7) is 0. The van der Waals surface area contributed by atoms with E-state index < -0.39 is 4.92 Å². The highest BCUT2D eigenvalue weighted by atomic mass is 16.6. The van der Waals surface area contributed by atoms with Crippen LogP contribution >= 0.6 is 0 Å². The van der Waals surface area contributed by atoms with E-state index in [-0.39, 0.29) is 5.69 Å². The molecule has 1 aromatic heterocycles. The minimum Gasteiger partial charge on any atom is -0.423 e. The average Bonchev–Trinajstić information content (AvgIpc) is 3.11. The minimum absolute atomic E-state index is 0.0279. The molecule has 1 N–H and O–H groups in total. The van der Waals surface area contributed by atoms with E-state index >= 15 is 0 Å². The Hall–Kier alpha value is -2.11. The molecule has 2 aliphatic carbocycles. The summed E-state index contributed by atoms with van der Waals surface area (Å²) in [4.78, 5) is 14.7. The smallest absolute Gasteiger partial charge is 0.295 e. The van der Waals surface area contributed by atoms with Crippen LogP contribution in [0.1, 0.15) is 25.7 Å². The predicted octanol–water partition coefficient (Wildman–Crippen LogP) is 3.34. The first kappa shape index (κ1) is 11.7. The predicted molar refractivity (Wildman–Crippen MR) is 73.5 cm³/mol. The van der Waals surface area contributed by atoms with Crippen molar-refractivity contribution in [1.82, 2.24) is 4.98 Å². The summed E-state index contributed by atoms with van der Waals surface area (Å²) in [5.41, 5.74) is 1.14. The Morgan fingerprint density at radius 1 is 1.35 bits per heavy atom. The lowest BCUT2D eigenvalue weighted by molar-refractivity contribution is -0.384. The van der Waals surface area contributed by atoms with E-state index in [1.165, 1.54) is 37.8 Å². The van der Waals surface area contributed by atoms with Crippen molar-refractivity contribution in [2.24, 2.45) is 11.8 Å². The lowest BCUT2D eigenvalue weighted by atomic mass is 9.96. The number of nitrogens with zero attached hydrogens (tertiary/aromatic N) is 2. The second-order valence-corrected chi connectivity index (χ2v) is 5.85. The molecule has 6 nitrogen and oxygen atoms in total. The number of rotatable bonds is 3. The van der Waals surface area contributed by atoms with E-state index in [2.05, 4.69) is 10.3 Å². The molecule has 1 aromatic carbocycles. The van der Waals surface area contributed by atoms with Crippen molar-refractivity contribution in [3.63, 3.8) is 0 Å². The molecule has 0 amide bonds. The third-order valence-corrected chi connectivity index (χ3v) is 4.63. The van der Waals surface area contributed by atoms with Crippen LogP contribution in [0.3, 0.4) is 0 Å². The molecule has 1 heterocycles. The summed E-state index contributed by atoms with van der Waals surface area (Å²) in [7, 11) is 0. The van der Waals surface area contributed by atoms with Crippen LogP contribution in [-0.4, -0.2) is 15.9 Å². The second kappa shape index (κ2) is 4.19. The largest absolute Gasteiger partial charge is 0.423 e. The molecule has 4 rings (SSSR count). The van der Waals surface area contributed by atoms with Gasteiger partial charge in [0.15, 0.2) is 5.58 Å². The Bertz CT molecular complexity index is 681. The number of non-ortho nitro benzene ring substituents is 1. The molecule has 2 aliphatic rings. The Labute approximate surface area is 115 Å². The monoisotopic (exact) mass is 273 g/mol. The van der Waals surface area contributed by atoms with Crippen molar-refractivity contribution < 1.29 is 9.34 Å². The quantitative estimate of drug-likeness (QED) is 0.685. The molecule has 0 spiro atoms. The number of hydrogen-bond acceptors (Lipinski definition) is 5. The van der Waals surface area contributed by atoms with E-state index in [1.54, 1.807) is 6.07 Å². The van der Waals surface area contributed by atoms with Gasteiger partial charge >= 0.3 is 0 Å². The van der Waals surface area contributed by atoms with E-state index in [0.717, 1.165) is 11.8 Å². The number of nitro benzene ring substituents is 1. The second-order valence-electron chi connectivity index (χ2n) is 5.85. The molecule has 2 bridgehead atoms. The van der Waals surface area contributed by atoms with Crippen molar-refractivity contribution in [3.8, 4) is 0 Å². The van der Waals surface area contributed by atoms with Crippen molar-refractivity contribution in [2.75, 3.05) is 5.32 Å². The lowest BCUT2D eigenvalue weighted by Crippen LogP contribution is -2.25. The average molecular weight is 273 g/mol. The SMILES string of the molecule is O=[N+]([O-])c1ccc2nc(NC3CC4CCC3C4)oc2c1. The van der Waals surface area contributed by atoms with E-state index in [4.69, 9.17) is 4.42 Å². The molecule has 20 heavy (non-hydrogen) atoms. The first-order valence-electron chi connectivity index (χ1n) is 7.00. The summed E-state index contributed by atoms with van der Waals surface area (Å²) >= 11 is 0. The number of oxazole rings is 1. The van der Waals surface area contributed by atoms with Crippen LogP contribution in [0, 0.1) is 22.0 Å². The number of hydrogen-bond donors (Lipinski definition) is 1. The Morgan fingerprint density at radius 3 is 2.95 bits per heavy atom. The molecule has 6 heteroatoms. The number of fused-ring (bicyclic) bond motifs is 3. The highest BCUT2D eigenvalue weighted by Crippen LogP contribution is 2.45. The van der Waals surface area contributed by atoms with E-state index in [1.807, 2.05) is 0 Å². The van der Waals surface area contributed by atoms with Crippen LogP contribution in [0.5, 0.6) is 0 Å². The maximum absolute atomic E-state index is 10.7. The Kier molecular flexibility index (Phi) is 2.45. The number of nitrogens with one attached hydrogen (secondary N) is 1. The summed E-state index contributed by atoms with van der Waals surface area (Å²) in [6.07, 6.45) is 5.13. The fourth-order valence-corrected chi connectivity index (χ4v) is 3.67. The first-order valence-corrected chi connectivity index (χ1v) is 7.00. The summed E-state index contributed by atoms with van der Waals surface area (Å²) in [5.74, 6) is 1.58. The van der Waals surface area contributed by atoms with Gasteiger partial charge in [0, 0.05) is 12.1 Å². The Morgan fingerprint density at radius 2 is 2.25 bits per heavy atom. The van der Waals surface area contributed by atoms with Crippen LogP contribution in [0.25, 0.3) is 11.1 Å². The molecular weight excluding hydrogens is 258 g/mol. The molecule has 0 aliphatic heterocycles. The van der Waals surface area contributed by atoms with E-state index in [9.17, 15) is 10.1 Å². The molecule has 0 radical (unpaired) electrons. The van der Waals surface area contributed by atoms with Gasteiger partial charge < -0.3 is 9.73 Å². The third kappa shape index (κ3) is 1.83. The van der Waals surface area contributed by atoms with Gasteiger partial charge in [-0.15, -0.1) is 0 Å². The molecular formula is C14H15N3O3. The zero-order valence-corrected chi connectivity index (χ0v) is 10.9. The van der Waals surface area contributed by atoms with Gasteiger partial charge in [-0.05, 0) is 37.2 Å². The van der Waals surface area contributed by atoms with Crippen molar-refractivity contribution >= 4 is 22.8 Å². The van der Waals surface area contributed by atoms with Gasteiger partial charge in [0.25, 0.3) is 11.7 Å². The third-order valence-electron chi connectivity index (χ3n) is 4.63. The van der Waals surface area contributed by atoms with Crippen LogP contribution in [0.2, 0.25) is 0 Å².